The van der Waals surface area contributed by atoms with Crippen LogP contribution in [0.5, 0.6) is 0 Å². The molecule has 6 nitrogen and oxygen atoms in total. The van der Waals surface area contributed by atoms with Crippen LogP contribution in [0, 0.1) is 11.3 Å². The molecule has 0 fully saturated rings. The molecule has 2 rings (SSSR count). The highest BCUT2D eigenvalue weighted by molar-refractivity contribution is 5.86. The van der Waals surface area contributed by atoms with Crippen molar-refractivity contribution in [3.8, 4) is 6.07 Å². The smallest absolute Gasteiger partial charge is 0.358 e. The van der Waals surface area contributed by atoms with E-state index in [-0.39, 0.29) is 5.69 Å². The highest BCUT2D eigenvalue weighted by atomic mass is 16.5. The maximum absolute atomic E-state index is 11.2. The zero-order valence-corrected chi connectivity index (χ0v) is 10.8. The van der Waals surface area contributed by atoms with Gasteiger partial charge in [-0.05, 0) is 29.8 Å². The zero-order chi connectivity index (χ0) is 14.4. The standard InChI is InChI=1S/C14H12N4O2/c1-20-14(19)12-6-7-13(18-17-12)16-9-11-4-2-10(8-15)3-5-11/h2-7H,9H2,1H3,(H,16,18). The third kappa shape index (κ3) is 3.29. The summed E-state index contributed by atoms with van der Waals surface area (Å²) >= 11 is 0. The molecule has 2 aromatic rings. The summed E-state index contributed by atoms with van der Waals surface area (Å²) in [5, 5.41) is 19.4. The molecule has 0 saturated heterocycles. The maximum Gasteiger partial charge on any atom is 0.358 e. The maximum atomic E-state index is 11.2. The average molecular weight is 268 g/mol. The van der Waals surface area contributed by atoms with Crippen LogP contribution in [-0.2, 0) is 11.3 Å². The SMILES string of the molecule is COC(=O)c1ccc(NCc2ccc(C#N)cc2)nn1. The molecule has 0 spiro atoms. The van der Waals surface area contributed by atoms with Gasteiger partial charge in [0, 0.05) is 6.54 Å². The molecule has 1 aromatic heterocycles. The minimum Gasteiger partial charge on any atom is -0.464 e. The molecular formula is C14H12N4O2. The Morgan fingerprint density at radius 2 is 2.00 bits per heavy atom. The van der Waals surface area contributed by atoms with Gasteiger partial charge in [-0.2, -0.15) is 5.26 Å². The van der Waals surface area contributed by atoms with Gasteiger partial charge in [-0.1, -0.05) is 12.1 Å². The Morgan fingerprint density at radius 1 is 1.25 bits per heavy atom. The number of carbonyl (C=O) groups is 1. The number of carbonyl (C=O) groups excluding carboxylic acids is 1. The van der Waals surface area contributed by atoms with Crippen molar-refractivity contribution >= 4 is 11.8 Å². The average Bonchev–Trinajstić information content (AvgIpc) is 2.53. The minimum absolute atomic E-state index is 0.163. The van der Waals surface area contributed by atoms with Gasteiger partial charge in [0.05, 0.1) is 18.7 Å². The lowest BCUT2D eigenvalue weighted by atomic mass is 10.1. The molecule has 1 heterocycles. The molecule has 0 bridgehead atoms. The number of methoxy groups -OCH3 is 1. The van der Waals surface area contributed by atoms with Crippen LogP contribution in [0.25, 0.3) is 0 Å². The summed E-state index contributed by atoms with van der Waals surface area (Å²) in [7, 11) is 1.29. The number of benzene rings is 1. The van der Waals surface area contributed by atoms with Crippen molar-refractivity contribution in [3.05, 3.63) is 53.2 Å². The molecule has 100 valence electrons. The lowest BCUT2D eigenvalue weighted by Gasteiger charge is -2.05. The van der Waals surface area contributed by atoms with Crippen molar-refractivity contribution in [1.82, 2.24) is 10.2 Å². The van der Waals surface area contributed by atoms with Gasteiger partial charge in [0.2, 0.25) is 0 Å². The van der Waals surface area contributed by atoms with Gasteiger partial charge < -0.3 is 10.1 Å². The predicted octanol–water partition coefficient (Wildman–Crippen LogP) is 1.75. The molecule has 0 atom stereocenters. The molecule has 1 aromatic carbocycles. The van der Waals surface area contributed by atoms with Gasteiger partial charge in [0.1, 0.15) is 5.82 Å². The number of nitrogens with zero attached hydrogens (tertiary/aromatic N) is 3. The summed E-state index contributed by atoms with van der Waals surface area (Å²) in [4.78, 5) is 11.2. The molecule has 20 heavy (non-hydrogen) atoms. The van der Waals surface area contributed by atoms with Crippen LogP contribution in [0.4, 0.5) is 5.82 Å². The van der Waals surface area contributed by atoms with Crippen LogP contribution < -0.4 is 5.32 Å². The third-order valence-electron chi connectivity index (χ3n) is 2.62. The Bertz CT molecular complexity index is 630. The van der Waals surface area contributed by atoms with E-state index in [0.29, 0.717) is 17.9 Å². The summed E-state index contributed by atoms with van der Waals surface area (Å²) in [6, 6.07) is 12.5. The number of rotatable bonds is 4. The Balaban J connectivity index is 1.96. The highest BCUT2D eigenvalue weighted by Crippen LogP contribution is 2.07. The molecule has 0 unspecified atom stereocenters. The van der Waals surface area contributed by atoms with Crippen LogP contribution in [0.2, 0.25) is 0 Å². The summed E-state index contributed by atoms with van der Waals surface area (Å²) in [5.74, 6) is 0.0400. The topological polar surface area (TPSA) is 87.9 Å². The molecule has 6 heteroatoms. The van der Waals surface area contributed by atoms with Gasteiger partial charge in [0.15, 0.2) is 5.69 Å². The van der Waals surface area contributed by atoms with Crippen molar-refractivity contribution in [3.63, 3.8) is 0 Å². The Morgan fingerprint density at radius 3 is 2.55 bits per heavy atom. The summed E-state index contributed by atoms with van der Waals surface area (Å²) < 4.78 is 4.54. The number of esters is 1. The fraction of sp³-hybridized carbons (Fsp3) is 0.143. The molecule has 0 saturated carbocycles. The van der Waals surface area contributed by atoms with Crippen LogP contribution >= 0.6 is 0 Å². The van der Waals surface area contributed by atoms with E-state index in [4.69, 9.17) is 5.26 Å². The molecule has 0 radical (unpaired) electrons. The number of anilines is 1. The molecule has 0 amide bonds. The number of ether oxygens (including phenoxy) is 1. The second-order valence-corrected chi connectivity index (χ2v) is 3.96. The minimum atomic E-state index is -0.517. The summed E-state index contributed by atoms with van der Waals surface area (Å²) in [5.41, 5.74) is 1.80. The number of hydrogen-bond donors (Lipinski definition) is 1. The molecule has 0 aliphatic heterocycles. The van der Waals surface area contributed by atoms with Crippen LogP contribution in [-0.4, -0.2) is 23.3 Å². The van der Waals surface area contributed by atoms with Crippen molar-refractivity contribution < 1.29 is 9.53 Å². The van der Waals surface area contributed by atoms with Gasteiger partial charge in [-0.15, -0.1) is 10.2 Å². The quantitative estimate of drug-likeness (QED) is 0.850. The van der Waals surface area contributed by atoms with Crippen molar-refractivity contribution in [1.29, 1.82) is 5.26 Å². The summed E-state index contributed by atoms with van der Waals surface area (Å²) in [6.45, 7) is 0.554. The van der Waals surface area contributed by atoms with Crippen molar-refractivity contribution in [2.75, 3.05) is 12.4 Å². The zero-order valence-electron chi connectivity index (χ0n) is 10.8. The Labute approximate surface area is 116 Å². The number of hydrogen-bond acceptors (Lipinski definition) is 6. The van der Waals surface area contributed by atoms with E-state index in [2.05, 4.69) is 26.3 Å². The first-order chi connectivity index (χ1) is 9.72. The van der Waals surface area contributed by atoms with Crippen LogP contribution in [0.3, 0.4) is 0 Å². The van der Waals surface area contributed by atoms with Gasteiger partial charge in [-0.25, -0.2) is 4.79 Å². The predicted molar refractivity (Wildman–Crippen MR) is 71.9 cm³/mol. The summed E-state index contributed by atoms with van der Waals surface area (Å²) in [6.07, 6.45) is 0. The van der Waals surface area contributed by atoms with E-state index in [1.165, 1.54) is 7.11 Å². The van der Waals surface area contributed by atoms with E-state index in [0.717, 1.165) is 5.56 Å². The molecular weight excluding hydrogens is 256 g/mol. The number of aromatic nitrogens is 2. The van der Waals surface area contributed by atoms with E-state index >= 15 is 0 Å². The van der Waals surface area contributed by atoms with Crippen LogP contribution in [0.15, 0.2) is 36.4 Å². The second kappa shape index (κ2) is 6.29. The largest absolute Gasteiger partial charge is 0.464 e. The van der Waals surface area contributed by atoms with E-state index in [1.807, 2.05) is 12.1 Å². The van der Waals surface area contributed by atoms with E-state index in [9.17, 15) is 4.79 Å². The molecule has 1 N–H and O–H groups in total. The molecule has 0 aliphatic rings. The first-order valence-corrected chi connectivity index (χ1v) is 5.88. The first-order valence-electron chi connectivity index (χ1n) is 5.88. The Kier molecular flexibility index (Phi) is 4.24. The third-order valence-corrected chi connectivity index (χ3v) is 2.62. The van der Waals surface area contributed by atoms with Gasteiger partial charge in [-0.3, -0.25) is 0 Å². The molecule has 0 aliphatic carbocycles. The van der Waals surface area contributed by atoms with Crippen molar-refractivity contribution in [2.24, 2.45) is 0 Å². The first kappa shape index (κ1) is 13.5. The Hall–Kier alpha value is -2.94. The lowest BCUT2D eigenvalue weighted by molar-refractivity contribution is 0.0593. The van der Waals surface area contributed by atoms with Crippen LogP contribution in [0.1, 0.15) is 21.6 Å². The lowest BCUT2D eigenvalue weighted by Crippen LogP contribution is -2.08. The van der Waals surface area contributed by atoms with Crippen molar-refractivity contribution in [2.45, 2.75) is 6.54 Å². The second-order valence-electron chi connectivity index (χ2n) is 3.96. The van der Waals surface area contributed by atoms with E-state index < -0.39 is 5.97 Å². The highest BCUT2D eigenvalue weighted by Gasteiger charge is 2.07. The van der Waals surface area contributed by atoms with Gasteiger partial charge >= 0.3 is 5.97 Å². The monoisotopic (exact) mass is 268 g/mol. The number of nitrogens with one attached hydrogen (secondary N) is 1. The van der Waals surface area contributed by atoms with E-state index in [1.54, 1.807) is 24.3 Å². The number of nitriles is 1. The normalized spacial score (nSPS) is 9.60. The van der Waals surface area contributed by atoms with Gasteiger partial charge in [0.25, 0.3) is 0 Å². The fourth-order valence-electron chi connectivity index (χ4n) is 1.53. The fourth-order valence-corrected chi connectivity index (χ4v) is 1.53.